The van der Waals surface area contributed by atoms with Crippen molar-refractivity contribution in [2.75, 3.05) is 33.0 Å². The lowest BCUT2D eigenvalue weighted by Gasteiger charge is -2.43. The summed E-state index contributed by atoms with van der Waals surface area (Å²) in [6.45, 7) is 6.90. The number of nitrogens with one attached hydrogen (secondary N) is 1. The molecule has 2 saturated heterocycles. The van der Waals surface area contributed by atoms with Gasteiger partial charge in [-0.3, -0.25) is 0 Å². The maximum Gasteiger partial charge on any atom is 0.0620 e. The number of rotatable bonds is 3. The first kappa shape index (κ1) is 9.44. The highest BCUT2D eigenvalue weighted by molar-refractivity contribution is 4.89. The Morgan fingerprint density at radius 2 is 2.23 bits per heavy atom. The van der Waals surface area contributed by atoms with Gasteiger partial charge in [0.15, 0.2) is 0 Å². The number of hydrogen-bond acceptors (Lipinski definition) is 3. The van der Waals surface area contributed by atoms with Gasteiger partial charge in [0.05, 0.1) is 26.4 Å². The van der Waals surface area contributed by atoms with Gasteiger partial charge < -0.3 is 14.8 Å². The van der Waals surface area contributed by atoms with Crippen LogP contribution in [-0.2, 0) is 9.47 Å². The lowest BCUT2D eigenvalue weighted by molar-refractivity contribution is -0.128. The zero-order chi connectivity index (χ0) is 9.15. The summed E-state index contributed by atoms with van der Waals surface area (Å²) in [6.07, 6.45) is 2.44. The van der Waals surface area contributed by atoms with Crippen molar-refractivity contribution < 1.29 is 9.47 Å². The predicted octanol–water partition coefficient (Wildman–Crippen LogP) is 0.791. The SMILES string of the molecule is CCC1(CC2COCCN2)COC1. The molecular weight excluding hydrogens is 166 g/mol. The number of ether oxygens (including phenoxy) is 2. The molecule has 3 nitrogen and oxygen atoms in total. The molecule has 0 bridgehead atoms. The van der Waals surface area contributed by atoms with Crippen molar-refractivity contribution in [1.82, 2.24) is 5.32 Å². The Labute approximate surface area is 79.8 Å². The second-order valence-corrected chi connectivity index (χ2v) is 4.28. The fourth-order valence-corrected chi connectivity index (χ4v) is 2.13. The zero-order valence-corrected chi connectivity index (χ0v) is 8.34. The predicted molar refractivity (Wildman–Crippen MR) is 50.8 cm³/mol. The summed E-state index contributed by atoms with van der Waals surface area (Å²) >= 11 is 0. The first-order valence-electron chi connectivity index (χ1n) is 5.23. The standard InChI is InChI=1S/C10H19NO2/c1-2-10(7-13-8-10)5-9-6-12-4-3-11-9/h9,11H,2-8H2,1H3. The van der Waals surface area contributed by atoms with Crippen LogP contribution >= 0.6 is 0 Å². The first-order chi connectivity index (χ1) is 6.35. The van der Waals surface area contributed by atoms with Crippen LogP contribution in [0.25, 0.3) is 0 Å². The van der Waals surface area contributed by atoms with Crippen LogP contribution in [-0.4, -0.2) is 39.0 Å². The van der Waals surface area contributed by atoms with Gasteiger partial charge in [0.25, 0.3) is 0 Å². The Morgan fingerprint density at radius 1 is 1.38 bits per heavy atom. The molecule has 0 aromatic rings. The minimum absolute atomic E-state index is 0.457. The maximum absolute atomic E-state index is 5.44. The van der Waals surface area contributed by atoms with Gasteiger partial charge in [-0.25, -0.2) is 0 Å². The average Bonchev–Trinajstić information content (AvgIpc) is 2.13. The lowest BCUT2D eigenvalue weighted by atomic mass is 9.77. The highest BCUT2D eigenvalue weighted by atomic mass is 16.5. The van der Waals surface area contributed by atoms with Gasteiger partial charge >= 0.3 is 0 Å². The monoisotopic (exact) mass is 185 g/mol. The van der Waals surface area contributed by atoms with E-state index in [0.29, 0.717) is 11.5 Å². The summed E-state index contributed by atoms with van der Waals surface area (Å²) in [6, 6.07) is 0.553. The number of morpholine rings is 1. The molecule has 3 heteroatoms. The van der Waals surface area contributed by atoms with Gasteiger partial charge in [-0.1, -0.05) is 6.92 Å². The quantitative estimate of drug-likeness (QED) is 0.705. The molecule has 0 saturated carbocycles. The zero-order valence-electron chi connectivity index (χ0n) is 8.34. The lowest BCUT2D eigenvalue weighted by Crippen LogP contribution is -2.50. The summed E-state index contributed by atoms with van der Waals surface area (Å²) in [7, 11) is 0. The third-order valence-corrected chi connectivity index (χ3v) is 3.24. The van der Waals surface area contributed by atoms with E-state index in [1.165, 1.54) is 12.8 Å². The van der Waals surface area contributed by atoms with E-state index in [1.807, 2.05) is 0 Å². The second kappa shape index (κ2) is 3.95. The fraction of sp³-hybridized carbons (Fsp3) is 1.00. The summed E-state index contributed by atoms with van der Waals surface area (Å²) in [4.78, 5) is 0. The van der Waals surface area contributed by atoms with Crippen LogP contribution in [0.15, 0.2) is 0 Å². The van der Waals surface area contributed by atoms with Crippen molar-refractivity contribution in [3.63, 3.8) is 0 Å². The highest BCUT2D eigenvalue weighted by Crippen LogP contribution is 2.36. The van der Waals surface area contributed by atoms with Crippen LogP contribution in [0.5, 0.6) is 0 Å². The molecule has 1 N–H and O–H groups in total. The molecule has 2 rings (SSSR count). The fourth-order valence-electron chi connectivity index (χ4n) is 2.13. The first-order valence-corrected chi connectivity index (χ1v) is 5.23. The van der Waals surface area contributed by atoms with Crippen LogP contribution in [0, 0.1) is 5.41 Å². The van der Waals surface area contributed by atoms with Crippen molar-refractivity contribution in [2.45, 2.75) is 25.8 Å². The summed E-state index contributed by atoms with van der Waals surface area (Å²) < 4.78 is 10.7. The van der Waals surface area contributed by atoms with E-state index in [2.05, 4.69) is 12.2 Å². The van der Waals surface area contributed by atoms with E-state index in [9.17, 15) is 0 Å². The van der Waals surface area contributed by atoms with Crippen LogP contribution in [0.2, 0.25) is 0 Å². The molecule has 2 aliphatic heterocycles. The molecule has 76 valence electrons. The molecule has 2 fully saturated rings. The Bertz CT molecular complexity index is 157. The van der Waals surface area contributed by atoms with E-state index >= 15 is 0 Å². The van der Waals surface area contributed by atoms with Crippen LogP contribution in [0.4, 0.5) is 0 Å². The normalized spacial score (nSPS) is 32.5. The van der Waals surface area contributed by atoms with Gasteiger partial charge in [0, 0.05) is 18.0 Å². The molecule has 1 unspecified atom stereocenters. The molecule has 0 aliphatic carbocycles. The van der Waals surface area contributed by atoms with Crippen molar-refractivity contribution in [3.05, 3.63) is 0 Å². The molecule has 0 aromatic heterocycles. The Kier molecular flexibility index (Phi) is 2.86. The molecule has 1 atom stereocenters. The van der Waals surface area contributed by atoms with Gasteiger partial charge in [-0.2, -0.15) is 0 Å². The van der Waals surface area contributed by atoms with E-state index in [-0.39, 0.29) is 0 Å². The average molecular weight is 185 g/mol. The van der Waals surface area contributed by atoms with Crippen molar-refractivity contribution in [1.29, 1.82) is 0 Å². The Morgan fingerprint density at radius 3 is 2.69 bits per heavy atom. The Balaban J connectivity index is 1.81. The van der Waals surface area contributed by atoms with Gasteiger partial charge in [0.2, 0.25) is 0 Å². The van der Waals surface area contributed by atoms with Crippen molar-refractivity contribution >= 4 is 0 Å². The molecular formula is C10H19NO2. The summed E-state index contributed by atoms with van der Waals surface area (Å²) in [5.74, 6) is 0. The summed E-state index contributed by atoms with van der Waals surface area (Å²) in [5, 5.41) is 3.50. The molecule has 0 radical (unpaired) electrons. The maximum atomic E-state index is 5.44. The van der Waals surface area contributed by atoms with Crippen molar-refractivity contribution in [3.8, 4) is 0 Å². The largest absolute Gasteiger partial charge is 0.380 e. The second-order valence-electron chi connectivity index (χ2n) is 4.28. The molecule has 0 spiro atoms. The van der Waals surface area contributed by atoms with Gasteiger partial charge in [-0.15, -0.1) is 0 Å². The third-order valence-electron chi connectivity index (χ3n) is 3.24. The molecule has 0 amide bonds. The third kappa shape index (κ3) is 2.03. The minimum atomic E-state index is 0.457. The topological polar surface area (TPSA) is 30.5 Å². The highest BCUT2D eigenvalue weighted by Gasteiger charge is 2.38. The number of hydrogen-bond donors (Lipinski definition) is 1. The van der Waals surface area contributed by atoms with Crippen molar-refractivity contribution in [2.24, 2.45) is 5.41 Å². The smallest absolute Gasteiger partial charge is 0.0620 e. The Hall–Kier alpha value is -0.120. The van der Waals surface area contributed by atoms with E-state index in [1.54, 1.807) is 0 Å². The van der Waals surface area contributed by atoms with E-state index < -0.39 is 0 Å². The van der Waals surface area contributed by atoms with Crippen LogP contribution in [0.3, 0.4) is 0 Å². The molecule has 2 aliphatic rings. The summed E-state index contributed by atoms with van der Waals surface area (Å²) in [5.41, 5.74) is 0.457. The van der Waals surface area contributed by atoms with E-state index in [4.69, 9.17) is 9.47 Å². The molecule has 0 aromatic carbocycles. The van der Waals surface area contributed by atoms with E-state index in [0.717, 1.165) is 33.0 Å². The van der Waals surface area contributed by atoms with Gasteiger partial charge in [-0.05, 0) is 12.8 Å². The van der Waals surface area contributed by atoms with Gasteiger partial charge in [0.1, 0.15) is 0 Å². The van der Waals surface area contributed by atoms with Crippen LogP contribution < -0.4 is 5.32 Å². The van der Waals surface area contributed by atoms with Crippen LogP contribution in [0.1, 0.15) is 19.8 Å². The molecule has 13 heavy (non-hydrogen) atoms. The molecule has 2 heterocycles. The minimum Gasteiger partial charge on any atom is -0.380 e.